The third kappa shape index (κ3) is 11.5. The molecule has 1 saturated heterocycles. The molecule has 316 valence electrons. The molecule has 14 nitrogen and oxygen atoms in total. The van der Waals surface area contributed by atoms with E-state index in [1.165, 1.54) is 18.6 Å². The smallest absolute Gasteiger partial charge is 0.302 e. The lowest BCUT2D eigenvalue weighted by atomic mass is 9.77. The van der Waals surface area contributed by atoms with Crippen LogP contribution in [0.25, 0.3) is 0 Å². The molecule has 3 aromatic rings. The van der Waals surface area contributed by atoms with Gasteiger partial charge in [-0.2, -0.15) is 0 Å². The van der Waals surface area contributed by atoms with E-state index >= 15 is 0 Å². The molecular formula is C45H58N6O8. The fourth-order valence-corrected chi connectivity index (χ4v) is 8.62. The van der Waals surface area contributed by atoms with Crippen molar-refractivity contribution in [3.05, 3.63) is 95.1 Å². The van der Waals surface area contributed by atoms with E-state index in [2.05, 4.69) is 27.0 Å². The Hall–Kier alpha value is -5.63. The minimum atomic E-state index is -0.522. The molecule has 0 amide bonds. The van der Waals surface area contributed by atoms with E-state index < -0.39 is 12.2 Å². The summed E-state index contributed by atoms with van der Waals surface area (Å²) in [6.45, 7) is 3.99. The first-order valence-corrected chi connectivity index (χ1v) is 20.9. The van der Waals surface area contributed by atoms with Crippen LogP contribution in [0.2, 0.25) is 0 Å². The number of dihydropyridines is 1. The molecule has 1 saturated carbocycles. The van der Waals surface area contributed by atoms with Crippen molar-refractivity contribution in [2.45, 2.75) is 114 Å². The third-order valence-corrected chi connectivity index (χ3v) is 11.6. The van der Waals surface area contributed by atoms with Crippen molar-refractivity contribution in [2.24, 2.45) is 10.7 Å². The molecule has 5 atom stereocenters. The molecule has 1 aromatic heterocycles. The molecule has 8 N–H and O–H groups in total. The van der Waals surface area contributed by atoms with Crippen LogP contribution >= 0.6 is 0 Å². The molecule has 2 fully saturated rings. The zero-order chi connectivity index (χ0) is 41.2. The van der Waals surface area contributed by atoms with E-state index in [0.717, 1.165) is 81.7 Å². The van der Waals surface area contributed by atoms with E-state index in [0.29, 0.717) is 49.2 Å². The number of aliphatic imine (C=N–C) groups is 1. The van der Waals surface area contributed by atoms with E-state index in [-0.39, 0.29) is 53.3 Å². The number of phenolic OH excluding ortho intramolecular Hbond substituents is 3. The van der Waals surface area contributed by atoms with Crippen LogP contribution < -0.4 is 31.2 Å². The lowest BCUT2D eigenvalue weighted by Gasteiger charge is -2.44. The number of allylic oxidation sites excluding steroid dienone is 2. The minimum Gasteiger partial charge on any atom is -0.504 e. The van der Waals surface area contributed by atoms with E-state index in [9.17, 15) is 20.1 Å². The molecule has 2 aromatic carbocycles. The van der Waals surface area contributed by atoms with Crippen molar-refractivity contribution >= 4 is 11.9 Å². The zero-order valence-corrected chi connectivity index (χ0v) is 33.8. The summed E-state index contributed by atoms with van der Waals surface area (Å²) in [7, 11) is 0. The SMILES string of the molecule is CC(=O)OC1CC(CCc2ccc(O)c(OC3CCCC4(CCN=C(NCCCC5=CCNC(N)=C5)N4)C3)c2)OC(c2cc(O)c(O)c(OCCc3cccnc3)c2)C1. The largest absolute Gasteiger partial charge is 0.504 e. The highest BCUT2D eigenvalue weighted by Gasteiger charge is 2.40. The van der Waals surface area contributed by atoms with Gasteiger partial charge in [0.15, 0.2) is 29.0 Å². The Bertz CT molecular complexity index is 2010. The first-order valence-electron chi connectivity index (χ1n) is 20.9. The molecule has 14 heteroatoms. The number of ether oxygens (including phenoxy) is 4. The monoisotopic (exact) mass is 810 g/mol. The number of guanidine groups is 1. The van der Waals surface area contributed by atoms with Crippen molar-refractivity contribution in [3.8, 4) is 28.7 Å². The van der Waals surface area contributed by atoms with Crippen LogP contribution in [0, 0.1) is 0 Å². The molecular weight excluding hydrogens is 753 g/mol. The van der Waals surface area contributed by atoms with E-state index in [1.54, 1.807) is 24.5 Å². The average Bonchev–Trinajstić information content (AvgIpc) is 3.21. The van der Waals surface area contributed by atoms with Crippen molar-refractivity contribution in [2.75, 3.05) is 26.2 Å². The second-order valence-electron chi connectivity index (χ2n) is 16.1. The predicted octanol–water partition coefficient (Wildman–Crippen LogP) is 5.71. The maximum atomic E-state index is 12.1. The molecule has 4 heterocycles. The summed E-state index contributed by atoms with van der Waals surface area (Å²) in [5.74, 6) is 1.22. The molecule has 0 bridgehead atoms. The Morgan fingerprint density at radius 2 is 1.93 bits per heavy atom. The Kier molecular flexibility index (Phi) is 13.7. The number of nitrogens with one attached hydrogen (secondary N) is 3. The maximum absolute atomic E-state index is 12.1. The van der Waals surface area contributed by atoms with Crippen molar-refractivity contribution in [1.82, 2.24) is 20.9 Å². The van der Waals surface area contributed by atoms with Gasteiger partial charge in [0.1, 0.15) is 12.2 Å². The van der Waals surface area contributed by atoms with Gasteiger partial charge in [0, 0.05) is 70.2 Å². The highest BCUT2D eigenvalue weighted by atomic mass is 16.6. The van der Waals surface area contributed by atoms with E-state index in [1.807, 2.05) is 30.3 Å². The normalized spacial score (nSPS) is 24.1. The van der Waals surface area contributed by atoms with Crippen molar-refractivity contribution < 1.29 is 39.1 Å². The van der Waals surface area contributed by atoms with Crippen LogP contribution in [-0.2, 0) is 27.1 Å². The second kappa shape index (κ2) is 19.4. The molecule has 3 aliphatic heterocycles. The molecule has 5 unspecified atom stereocenters. The van der Waals surface area contributed by atoms with Crippen LogP contribution in [0.15, 0.2) is 83.4 Å². The van der Waals surface area contributed by atoms with Gasteiger partial charge in [-0.3, -0.25) is 14.8 Å². The summed E-state index contributed by atoms with van der Waals surface area (Å²) in [5, 5.41) is 42.5. The van der Waals surface area contributed by atoms with E-state index in [4.69, 9.17) is 29.7 Å². The molecule has 1 spiro atoms. The van der Waals surface area contributed by atoms with Crippen LogP contribution in [0.1, 0.15) is 93.9 Å². The topological polar surface area (TPSA) is 202 Å². The van der Waals surface area contributed by atoms with Gasteiger partial charge < -0.3 is 56.0 Å². The van der Waals surface area contributed by atoms with Gasteiger partial charge in [0.2, 0.25) is 5.75 Å². The summed E-state index contributed by atoms with van der Waals surface area (Å²) >= 11 is 0. The van der Waals surface area contributed by atoms with Crippen molar-refractivity contribution in [1.29, 1.82) is 0 Å². The lowest BCUT2D eigenvalue weighted by molar-refractivity contribution is -0.160. The molecule has 7 rings (SSSR count). The van der Waals surface area contributed by atoms with Crippen LogP contribution in [0.4, 0.5) is 0 Å². The van der Waals surface area contributed by atoms with Gasteiger partial charge in [0.05, 0.1) is 24.6 Å². The number of pyridine rings is 1. The predicted molar refractivity (Wildman–Crippen MR) is 223 cm³/mol. The number of aromatic nitrogens is 1. The highest BCUT2D eigenvalue weighted by Crippen LogP contribution is 2.43. The number of esters is 1. The van der Waals surface area contributed by atoms with Gasteiger partial charge in [-0.1, -0.05) is 18.2 Å². The van der Waals surface area contributed by atoms with Crippen molar-refractivity contribution in [3.63, 3.8) is 0 Å². The second-order valence-corrected chi connectivity index (χ2v) is 16.1. The summed E-state index contributed by atoms with van der Waals surface area (Å²) < 4.78 is 24.7. The highest BCUT2D eigenvalue weighted by molar-refractivity contribution is 5.81. The van der Waals surface area contributed by atoms with Gasteiger partial charge in [0.25, 0.3) is 0 Å². The molecule has 4 aliphatic rings. The van der Waals surface area contributed by atoms with Gasteiger partial charge in [-0.15, -0.1) is 0 Å². The standard InChI is InChI=1S/C45H58N6O8/c1-29(52)57-36-25-34(58-39(26-36)33-23-38(54)43(55)41(24-33)56-20-13-32-6-3-16-47-28-32)10-8-31-9-11-37(53)40(21-31)59-35-7-2-14-45(27-35)15-19-50-44(51-45)49-17-4-5-30-12-18-48-42(46)22-30/h3,6,9,11-12,16,21-24,28,34-36,39,48,53-55H,2,4-5,7-8,10,13-15,17-20,25-27,46H2,1H3,(H2,49,50,51). The van der Waals surface area contributed by atoms with Gasteiger partial charge >= 0.3 is 5.97 Å². The lowest BCUT2D eigenvalue weighted by Crippen LogP contribution is -2.59. The summed E-state index contributed by atoms with van der Waals surface area (Å²) in [5.41, 5.74) is 9.63. The number of nitrogens with two attached hydrogens (primary N) is 1. The third-order valence-electron chi connectivity index (χ3n) is 11.6. The number of hydrogen-bond acceptors (Lipinski definition) is 14. The quantitative estimate of drug-likeness (QED) is 0.0560. The number of hydrogen-bond donors (Lipinski definition) is 7. The fraction of sp³-hybridized carbons (Fsp3) is 0.489. The number of nitrogens with zero attached hydrogens (tertiary/aromatic N) is 2. The number of benzene rings is 2. The minimum absolute atomic E-state index is 0.0706. The number of carbonyl (C=O) groups excluding carboxylic acids is 1. The number of carbonyl (C=O) groups is 1. The zero-order valence-electron chi connectivity index (χ0n) is 33.8. The van der Waals surface area contributed by atoms with Crippen LogP contribution in [0.3, 0.4) is 0 Å². The van der Waals surface area contributed by atoms with Gasteiger partial charge in [-0.05, 0) is 110 Å². The Balaban J connectivity index is 0.940. The number of aromatic hydroxyl groups is 3. The molecule has 59 heavy (non-hydrogen) atoms. The Morgan fingerprint density at radius 1 is 1.03 bits per heavy atom. The summed E-state index contributed by atoms with van der Waals surface area (Å²) in [4.78, 5) is 20.9. The Labute approximate surface area is 345 Å². The summed E-state index contributed by atoms with van der Waals surface area (Å²) in [6.07, 6.45) is 15.6. The van der Waals surface area contributed by atoms with Crippen LogP contribution in [0.5, 0.6) is 28.7 Å². The summed E-state index contributed by atoms with van der Waals surface area (Å²) in [6, 6.07) is 12.4. The van der Waals surface area contributed by atoms with Gasteiger partial charge in [-0.25, -0.2) is 0 Å². The molecule has 1 aliphatic carbocycles. The fourth-order valence-electron chi connectivity index (χ4n) is 8.62. The first-order chi connectivity index (χ1) is 28.6. The molecule has 0 radical (unpaired) electrons. The Morgan fingerprint density at radius 3 is 2.76 bits per heavy atom. The average molecular weight is 811 g/mol. The number of rotatable bonds is 15. The maximum Gasteiger partial charge on any atom is 0.302 e. The van der Waals surface area contributed by atoms with Crippen LogP contribution in [-0.4, -0.2) is 82.3 Å². The first kappa shape index (κ1) is 41.5. The number of phenols is 3. The number of aryl methyl sites for hydroxylation is 1.